The van der Waals surface area contributed by atoms with Gasteiger partial charge in [0.05, 0.1) is 0 Å². The molecule has 1 aliphatic heterocycles. The van der Waals surface area contributed by atoms with Gasteiger partial charge in [0, 0.05) is 0 Å². The van der Waals surface area contributed by atoms with Crippen LogP contribution in [-0.4, -0.2) is 12.0 Å². The second-order valence-electron chi connectivity index (χ2n) is 2.35. The SMILES string of the molecule is CC1C=PCC1C. The summed E-state index contributed by atoms with van der Waals surface area (Å²) in [4.78, 5) is 0. The van der Waals surface area contributed by atoms with Crippen molar-refractivity contribution >= 4 is 14.0 Å². The van der Waals surface area contributed by atoms with Gasteiger partial charge < -0.3 is 0 Å². The first-order valence-corrected chi connectivity index (χ1v) is 3.95. The maximum absolute atomic E-state index is 2.39. The average Bonchev–Trinajstić information content (AvgIpc) is 1.91. The summed E-state index contributed by atoms with van der Waals surface area (Å²) >= 11 is 0. The summed E-state index contributed by atoms with van der Waals surface area (Å²) in [6, 6.07) is 0. The van der Waals surface area contributed by atoms with Crippen LogP contribution in [0.25, 0.3) is 0 Å². The summed E-state index contributed by atoms with van der Waals surface area (Å²) in [7, 11) is 1.55. The third-order valence-corrected chi connectivity index (χ3v) is 3.10. The Hall–Kier alpha value is 0.170. The first-order valence-electron chi connectivity index (χ1n) is 2.80. The third-order valence-electron chi connectivity index (χ3n) is 1.63. The van der Waals surface area contributed by atoms with E-state index >= 15 is 0 Å². The molecule has 0 saturated carbocycles. The van der Waals surface area contributed by atoms with Gasteiger partial charge in [0.1, 0.15) is 0 Å². The minimum absolute atomic E-state index is 0.877. The highest BCUT2D eigenvalue weighted by molar-refractivity contribution is 7.39. The fourth-order valence-electron chi connectivity index (χ4n) is 0.707. The molecule has 1 heterocycles. The molecular weight excluding hydrogens is 103 g/mol. The van der Waals surface area contributed by atoms with Gasteiger partial charge in [-0.25, -0.2) is 0 Å². The smallest absolute Gasteiger partial charge is 0.00779 e. The van der Waals surface area contributed by atoms with E-state index in [0.29, 0.717) is 0 Å². The molecule has 0 aromatic rings. The molecule has 0 aromatic carbocycles. The van der Waals surface area contributed by atoms with Crippen molar-refractivity contribution in [2.45, 2.75) is 13.8 Å². The Morgan fingerprint density at radius 3 is 2.43 bits per heavy atom. The van der Waals surface area contributed by atoms with Crippen LogP contribution in [0.15, 0.2) is 0 Å². The van der Waals surface area contributed by atoms with E-state index in [9.17, 15) is 0 Å². The molecule has 0 aromatic heterocycles. The van der Waals surface area contributed by atoms with Crippen molar-refractivity contribution in [2.24, 2.45) is 11.8 Å². The van der Waals surface area contributed by atoms with Crippen LogP contribution < -0.4 is 0 Å². The van der Waals surface area contributed by atoms with Crippen LogP contribution in [0.1, 0.15) is 13.8 Å². The van der Waals surface area contributed by atoms with Gasteiger partial charge in [0.2, 0.25) is 0 Å². The van der Waals surface area contributed by atoms with Gasteiger partial charge in [-0.1, -0.05) is 19.6 Å². The van der Waals surface area contributed by atoms with E-state index in [1.807, 2.05) is 0 Å². The Morgan fingerprint density at radius 2 is 2.29 bits per heavy atom. The second kappa shape index (κ2) is 1.96. The normalized spacial score (nSPS) is 42.0. The Morgan fingerprint density at radius 1 is 1.57 bits per heavy atom. The van der Waals surface area contributed by atoms with Gasteiger partial charge in [0.15, 0.2) is 0 Å². The molecule has 40 valence electrons. The van der Waals surface area contributed by atoms with Crippen LogP contribution >= 0.6 is 8.20 Å². The van der Waals surface area contributed by atoms with E-state index < -0.39 is 0 Å². The van der Waals surface area contributed by atoms with Crippen molar-refractivity contribution in [3.8, 4) is 0 Å². The van der Waals surface area contributed by atoms with E-state index in [2.05, 4.69) is 19.6 Å². The average molecular weight is 114 g/mol. The minimum Gasteiger partial charge on any atom is -0.108 e. The van der Waals surface area contributed by atoms with Crippen LogP contribution in [-0.2, 0) is 0 Å². The van der Waals surface area contributed by atoms with Crippen LogP contribution in [0, 0.1) is 11.8 Å². The van der Waals surface area contributed by atoms with Gasteiger partial charge in [-0.15, -0.1) is 8.20 Å². The zero-order valence-corrected chi connectivity index (χ0v) is 5.78. The molecule has 0 spiro atoms. The summed E-state index contributed by atoms with van der Waals surface area (Å²) in [5.74, 6) is 4.22. The highest BCUT2D eigenvalue weighted by atomic mass is 31.1. The third kappa shape index (κ3) is 1.04. The lowest BCUT2D eigenvalue weighted by molar-refractivity contribution is 0.562. The zero-order chi connectivity index (χ0) is 5.28. The molecular formula is C6H11P. The fourth-order valence-corrected chi connectivity index (χ4v) is 2.12. The molecule has 1 aliphatic rings. The number of rotatable bonds is 0. The Bertz CT molecular complexity index is 86.2. The number of hydrogen-bond donors (Lipinski definition) is 0. The van der Waals surface area contributed by atoms with Crippen molar-refractivity contribution < 1.29 is 0 Å². The number of hydrogen-bond acceptors (Lipinski definition) is 0. The summed E-state index contributed by atoms with van der Waals surface area (Å²) < 4.78 is 0. The molecule has 0 bridgehead atoms. The lowest BCUT2D eigenvalue weighted by Gasteiger charge is -2.04. The quantitative estimate of drug-likeness (QED) is 0.422. The summed E-state index contributed by atoms with van der Waals surface area (Å²) in [5.41, 5.74) is 0. The Kier molecular flexibility index (Phi) is 1.49. The monoisotopic (exact) mass is 114 g/mol. The van der Waals surface area contributed by atoms with Crippen LogP contribution in [0.3, 0.4) is 0 Å². The lowest BCUT2D eigenvalue weighted by atomic mass is 10.0. The van der Waals surface area contributed by atoms with Crippen LogP contribution in [0.4, 0.5) is 0 Å². The predicted octanol–water partition coefficient (Wildman–Crippen LogP) is 2.02. The molecule has 1 heteroatoms. The molecule has 0 fully saturated rings. The molecule has 2 unspecified atom stereocenters. The van der Waals surface area contributed by atoms with E-state index in [1.54, 1.807) is 8.20 Å². The fraction of sp³-hybridized carbons (Fsp3) is 0.833. The van der Waals surface area contributed by atoms with Crippen LogP contribution in [0.2, 0.25) is 0 Å². The van der Waals surface area contributed by atoms with Gasteiger partial charge in [0.25, 0.3) is 0 Å². The van der Waals surface area contributed by atoms with Gasteiger partial charge >= 0.3 is 0 Å². The minimum atomic E-state index is 0.877. The summed E-state index contributed by atoms with van der Waals surface area (Å²) in [6.07, 6.45) is 1.39. The molecule has 1 rings (SSSR count). The zero-order valence-electron chi connectivity index (χ0n) is 4.89. The highest BCUT2D eigenvalue weighted by Crippen LogP contribution is 2.22. The molecule has 0 saturated heterocycles. The van der Waals surface area contributed by atoms with E-state index in [1.165, 1.54) is 6.16 Å². The van der Waals surface area contributed by atoms with E-state index in [-0.39, 0.29) is 0 Å². The Labute approximate surface area is 46.7 Å². The summed E-state index contributed by atoms with van der Waals surface area (Å²) in [5, 5.41) is 0. The first-order chi connectivity index (χ1) is 3.30. The first kappa shape index (κ1) is 5.31. The molecule has 7 heavy (non-hydrogen) atoms. The molecule has 2 atom stereocenters. The maximum atomic E-state index is 2.39. The van der Waals surface area contributed by atoms with E-state index in [4.69, 9.17) is 0 Å². The molecule has 0 aliphatic carbocycles. The molecule has 0 nitrogen and oxygen atoms in total. The van der Waals surface area contributed by atoms with Crippen molar-refractivity contribution in [2.75, 3.05) is 6.16 Å². The largest absolute Gasteiger partial charge is 0.108 e. The lowest BCUT2D eigenvalue weighted by Crippen LogP contribution is -2.03. The molecule has 0 amide bonds. The molecule has 0 radical (unpaired) electrons. The van der Waals surface area contributed by atoms with Crippen molar-refractivity contribution in [3.05, 3.63) is 0 Å². The highest BCUT2D eigenvalue weighted by Gasteiger charge is 2.12. The van der Waals surface area contributed by atoms with Crippen LogP contribution in [0.5, 0.6) is 0 Å². The van der Waals surface area contributed by atoms with Gasteiger partial charge in [-0.2, -0.15) is 0 Å². The Balaban J connectivity index is 2.45. The summed E-state index contributed by atoms with van der Waals surface area (Å²) in [6.45, 7) is 4.62. The van der Waals surface area contributed by atoms with Gasteiger partial charge in [-0.05, 0) is 18.0 Å². The van der Waals surface area contributed by atoms with Crippen molar-refractivity contribution in [1.29, 1.82) is 0 Å². The van der Waals surface area contributed by atoms with Crippen molar-refractivity contribution in [1.82, 2.24) is 0 Å². The topological polar surface area (TPSA) is 0 Å². The van der Waals surface area contributed by atoms with E-state index in [0.717, 1.165) is 11.8 Å². The second-order valence-corrected chi connectivity index (χ2v) is 3.38. The van der Waals surface area contributed by atoms with Crippen molar-refractivity contribution in [3.63, 3.8) is 0 Å². The molecule has 0 N–H and O–H groups in total. The maximum Gasteiger partial charge on any atom is -0.00779 e. The van der Waals surface area contributed by atoms with Gasteiger partial charge in [-0.3, -0.25) is 0 Å². The standard InChI is InChI=1S/C6H11P/c1-5-3-7-4-6(5)2/h3,5-6H,4H2,1-2H3. The predicted molar refractivity (Wildman–Crippen MR) is 36.2 cm³/mol.